The molecule has 0 radical (unpaired) electrons. The summed E-state index contributed by atoms with van der Waals surface area (Å²) in [5.41, 5.74) is 0.284. The third kappa shape index (κ3) is 5.65. The monoisotopic (exact) mass is 263 g/mol. The Bertz CT molecular complexity index is 386. The Kier molecular flexibility index (Phi) is 5.12. The van der Waals surface area contributed by atoms with Gasteiger partial charge in [0.05, 0.1) is 0 Å². The predicted octanol–water partition coefficient (Wildman–Crippen LogP) is 3.29. The average Bonchev–Trinajstić information content (AvgIpc) is 2.27. The molecule has 0 atom stereocenters. The van der Waals surface area contributed by atoms with E-state index in [1.54, 1.807) is 0 Å². The molecule has 0 aromatic heterocycles. The molecule has 0 fully saturated rings. The number of nitrogens with one attached hydrogen (secondary N) is 1. The lowest BCUT2D eigenvalue weighted by molar-refractivity contribution is -0.135. The standard InChI is InChI=1S/C12H13F4NO/c13-10-5-3-9(4-6-10)11(18)17-8-2-1-7-12(14,15)16/h3-6H,1-2,7-8H2,(H,17,18). The Balaban J connectivity index is 2.24. The van der Waals surface area contributed by atoms with Gasteiger partial charge in [0, 0.05) is 18.5 Å². The van der Waals surface area contributed by atoms with Gasteiger partial charge in [-0.3, -0.25) is 4.79 Å². The maximum absolute atomic E-state index is 12.6. The molecule has 1 rings (SSSR count). The summed E-state index contributed by atoms with van der Waals surface area (Å²) in [4.78, 5) is 11.5. The van der Waals surface area contributed by atoms with Crippen molar-refractivity contribution in [3.8, 4) is 0 Å². The van der Waals surface area contributed by atoms with Crippen LogP contribution < -0.4 is 5.32 Å². The number of carbonyl (C=O) groups excluding carboxylic acids is 1. The summed E-state index contributed by atoms with van der Waals surface area (Å²) in [6.45, 7) is 0.173. The van der Waals surface area contributed by atoms with Gasteiger partial charge in [0.1, 0.15) is 5.82 Å². The van der Waals surface area contributed by atoms with E-state index < -0.39 is 24.3 Å². The quantitative estimate of drug-likeness (QED) is 0.641. The zero-order chi connectivity index (χ0) is 13.6. The summed E-state index contributed by atoms with van der Waals surface area (Å²) < 4.78 is 48.0. The van der Waals surface area contributed by atoms with Crippen molar-refractivity contribution in [2.75, 3.05) is 6.54 Å². The summed E-state index contributed by atoms with van der Waals surface area (Å²) in [6.07, 6.45) is -4.76. The van der Waals surface area contributed by atoms with Crippen molar-refractivity contribution in [3.05, 3.63) is 35.6 Å². The van der Waals surface area contributed by atoms with Crippen LogP contribution in [0.4, 0.5) is 17.6 Å². The minimum absolute atomic E-state index is 0.0206. The zero-order valence-corrected chi connectivity index (χ0v) is 9.56. The zero-order valence-electron chi connectivity index (χ0n) is 9.56. The van der Waals surface area contributed by atoms with Crippen LogP contribution in [0.3, 0.4) is 0 Å². The van der Waals surface area contributed by atoms with Gasteiger partial charge < -0.3 is 5.32 Å². The van der Waals surface area contributed by atoms with Crippen molar-refractivity contribution >= 4 is 5.91 Å². The lowest BCUT2D eigenvalue weighted by Gasteiger charge is -2.07. The van der Waals surface area contributed by atoms with Crippen LogP contribution in [0, 0.1) is 5.82 Å². The van der Waals surface area contributed by atoms with Gasteiger partial charge in [-0.1, -0.05) is 0 Å². The average molecular weight is 263 g/mol. The normalized spacial score (nSPS) is 11.3. The van der Waals surface area contributed by atoms with Crippen molar-refractivity contribution in [3.63, 3.8) is 0 Å². The molecule has 0 saturated heterocycles. The fourth-order valence-corrected chi connectivity index (χ4v) is 1.36. The second kappa shape index (κ2) is 6.37. The number of unbranched alkanes of at least 4 members (excludes halogenated alkanes) is 1. The molecule has 0 bridgehead atoms. The first-order chi connectivity index (χ1) is 8.38. The molecular weight excluding hydrogens is 250 g/mol. The molecule has 100 valence electrons. The van der Waals surface area contributed by atoms with Crippen molar-refractivity contribution < 1.29 is 22.4 Å². The van der Waals surface area contributed by atoms with Gasteiger partial charge in [0.25, 0.3) is 5.91 Å². The largest absolute Gasteiger partial charge is 0.389 e. The van der Waals surface area contributed by atoms with E-state index in [1.165, 1.54) is 12.1 Å². The minimum Gasteiger partial charge on any atom is -0.352 e. The highest BCUT2D eigenvalue weighted by molar-refractivity contribution is 5.94. The lowest BCUT2D eigenvalue weighted by Crippen LogP contribution is -2.24. The van der Waals surface area contributed by atoms with E-state index in [-0.39, 0.29) is 24.9 Å². The molecule has 0 aliphatic carbocycles. The molecule has 1 amide bonds. The van der Waals surface area contributed by atoms with Gasteiger partial charge in [-0.25, -0.2) is 4.39 Å². The SMILES string of the molecule is O=C(NCCCCC(F)(F)F)c1ccc(F)cc1. The van der Waals surface area contributed by atoms with Crippen molar-refractivity contribution in [2.45, 2.75) is 25.4 Å². The molecular formula is C12H13F4NO. The van der Waals surface area contributed by atoms with Gasteiger partial charge >= 0.3 is 6.18 Å². The highest BCUT2D eigenvalue weighted by Crippen LogP contribution is 2.21. The van der Waals surface area contributed by atoms with E-state index >= 15 is 0 Å². The van der Waals surface area contributed by atoms with Crippen LogP contribution in [0.2, 0.25) is 0 Å². The number of rotatable bonds is 5. The van der Waals surface area contributed by atoms with Crippen LogP contribution in [0.25, 0.3) is 0 Å². The van der Waals surface area contributed by atoms with Gasteiger partial charge in [-0.15, -0.1) is 0 Å². The molecule has 1 N–H and O–H groups in total. The smallest absolute Gasteiger partial charge is 0.352 e. The lowest BCUT2D eigenvalue weighted by atomic mass is 10.2. The molecule has 2 nitrogen and oxygen atoms in total. The highest BCUT2D eigenvalue weighted by Gasteiger charge is 2.25. The second-order valence-corrected chi connectivity index (χ2v) is 3.84. The molecule has 6 heteroatoms. The third-order valence-corrected chi connectivity index (χ3v) is 2.28. The first-order valence-corrected chi connectivity index (χ1v) is 5.49. The predicted molar refractivity (Wildman–Crippen MR) is 58.6 cm³/mol. The summed E-state index contributed by atoms with van der Waals surface area (Å²) in [5.74, 6) is -0.862. The molecule has 0 aliphatic rings. The minimum atomic E-state index is -4.15. The Morgan fingerprint density at radius 2 is 1.72 bits per heavy atom. The van der Waals surface area contributed by atoms with Crippen molar-refractivity contribution in [1.29, 1.82) is 0 Å². The summed E-state index contributed by atoms with van der Waals surface area (Å²) in [5, 5.41) is 2.48. The highest BCUT2D eigenvalue weighted by atomic mass is 19.4. The fraction of sp³-hybridized carbons (Fsp3) is 0.417. The number of amides is 1. The first-order valence-electron chi connectivity index (χ1n) is 5.49. The molecule has 18 heavy (non-hydrogen) atoms. The maximum atomic E-state index is 12.6. The summed E-state index contributed by atoms with van der Waals surface area (Å²) >= 11 is 0. The number of halogens is 4. The van der Waals surface area contributed by atoms with E-state index in [9.17, 15) is 22.4 Å². The molecule has 0 saturated carbocycles. The number of carbonyl (C=O) groups is 1. The van der Waals surface area contributed by atoms with Crippen LogP contribution in [0.5, 0.6) is 0 Å². The molecule has 0 heterocycles. The number of benzene rings is 1. The Morgan fingerprint density at radius 3 is 2.28 bits per heavy atom. The van der Waals surface area contributed by atoms with E-state index in [0.29, 0.717) is 0 Å². The van der Waals surface area contributed by atoms with Gasteiger partial charge in [-0.05, 0) is 37.1 Å². The summed E-state index contributed by atoms with van der Waals surface area (Å²) in [7, 11) is 0. The van der Waals surface area contributed by atoms with E-state index in [1.807, 2.05) is 0 Å². The molecule has 0 spiro atoms. The Labute approximate surface area is 102 Å². The van der Waals surface area contributed by atoms with Gasteiger partial charge in [0.15, 0.2) is 0 Å². The van der Waals surface area contributed by atoms with Crippen LogP contribution in [-0.2, 0) is 0 Å². The summed E-state index contributed by atoms with van der Waals surface area (Å²) in [6, 6.07) is 4.94. The van der Waals surface area contributed by atoms with E-state index in [0.717, 1.165) is 12.1 Å². The van der Waals surface area contributed by atoms with Crippen molar-refractivity contribution in [2.24, 2.45) is 0 Å². The van der Waals surface area contributed by atoms with Crippen LogP contribution in [-0.4, -0.2) is 18.6 Å². The van der Waals surface area contributed by atoms with E-state index in [4.69, 9.17) is 0 Å². The third-order valence-electron chi connectivity index (χ3n) is 2.28. The van der Waals surface area contributed by atoms with Gasteiger partial charge in [0.2, 0.25) is 0 Å². The van der Waals surface area contributed by atoms with Crippen LogP contribution in [0.15, 0.2) is 24.3 Å². The number of alkyl halides is 3. The Morgan fingerprint density at radius 1 is 1.11 bits per heavy atom. The topological polar surface area (TPSA) is 29.1 Å². The first kappa shape index (κ1) is 14.5. The molecule has 0 unspecified atom stereocenters. The van der Waals surface area contributed by atoms with Crippen LogP contribution in [0.1, 0.15) is 29.6 Å². The second-order valence-electron chi connectivity index (χ2n) is 3.84. The fourth-order valence-electron chi connectivity index (χ4n) is 1.36. The van der Waals surface area contributed by atoms with E-state index in [2.05, 4.69) is 5.32 Å². The molecule has 1 aromatic rings. The van der Waals surface area contributed by atoms with Gasteiger partial charge in [-0.2, -0.15) is 13.2 Å². The number of hydrogen-bond acceptors (Lipinski definition) is 1. The molecule has 0 aliphatic heterocycles. The maximum Gasteiger partial charge on any atom is 0.389 e. The molecule has 1 aromatic carbocycles. The van der Waals surface area contributed by atoms with Crippen molar-refractivity contribution in [1.82, 2.24) is 5.32 Å². The van der Waals surface area contributed by atoms with Crippen LogP contribution >= 0.6 is 0 Å². The Hall–Kier alpha value is -1.59. The number of hydrogen-bond donors (Lipinski definition) is 1.